The highest BCUT2D eigenvalue weighted by atomic mass is 35.5. The Hall–Kier alpha value is -1.91. The number of halogens is 2. The molecule has 1 aliphatic rings. The number of methoxy groups -OCH3 is 1. The predicted octanol–water partition coefficient (Wildman–Crippen LogP) is 5.03. The van der Waals surface area contributed by atoms with Gasteiger partial charge in [0.15, 0.2) is 0 Å². The molecular formula is C18H18Cl2N2O2. The smallest absolute Gasteiger partial charge is 0.322 e. The van der Waals surface area contributed by atoms with Gasteiger partial charge >= 0.3 is 6.03 Å². The monoisotopic (exact) mass is 364 g/mol. The van der Waals surface area contributed by atoms with Gasteiger partial charge in [-0.25, -0.2) is 4.79 Å². The topological polar surface area (TPSA) is 41.6 Å². The molecule has 1 aliphatic heterocycles. The van der Waals surface area contributed by atoms with E-state index in [2.05, 4.69) is 5.32 Å². The van der Waals surface area contributed by atoms with Crippen LogP contribution in [0.3, 0.4) is 0 Å². The Labute approximate surface area is 151 Å². The molecule has 6 heteroatoms. The quantitative estimate of drug-likeness (QED) is 0.829. The van der Waals surface area contributed by atoms with Gasteiger partial charge in [0.2, 0.25) is 0 Å². The van der Waals surface area contributed by atoms with Gasteiger partial charge in [0.05, 0.1) is 18.8 Å². The molecule has 1 heterocycles. The number of fused-ring (bicyclic) bond motifs is 1. The van der Waals surface area contributed by atoms with Crippen LogP contribution in [-0.4, -0.2) is 19.2 Å². The fraction of sp³-hybridized carbons (Fsp3) is 0.278. The normalized spacial score (nSPS) is 16.8. The molecule has 0 spiro atoms. The highest BCUT2D eigenvalue weighted by molar-refractivity contribution is 6.36. The van der Waals surface area contributed by atoms with Gasteiger partial charge in [-0.15, -0.1) is 0 Å². The third-order valence-corrected chi connectivity index (χ3v) is 4.76. The van der Waals surface area contributed by atoms with Crippen molar-refractivity contribution in [3.05, 3.63) is 57.6 Å². The molecule has 1 atom stereocenters. The standard InChI is InChI=1S/C18H18Cl2N2O2/c1-10(2)22-15-8-7-11(24-3)9-12(15)17(21-18(22)23)16-13(19)5-4-6-14(16)20/h4-10,17H,1-3H3,(H,21,23). The average Bonchev–Trinajstić information content (AvgIpc) is 2.53. The average molecular weight is 365 g/mol. The Morgan fingerprint density at radius 3 is 2.42 bits per heavy atom. The molecule has 2 amide bonds. The summed E-state index contributed by atoms with van der Waals surface area (Å²) in [6.07, 6.45) is 0. The number of benzene rings is 2. The van der Waals surface area contributed by atoms with Crippen molar-refractivity contribution >= 4 is 34.9 Å². The Morgan fingerprint density at radius 1 is 1.17 bits per heavy atom. The van der Waals surface area contributed by atoms with Crippen LogP contribution in [0.1, 0.15) is 31.0 Å². The van der Waals surface area contributed by atoms with Crippen LogP contribution in [0.15, 0.2) is 36.4 Å². The van der Waals surface area contributed by atoms with Crippen LogP contribution < -0.4 is 15.0 Å². The van der Waals surface area contributed by atoms with E-state index in [0.717, 1.165) is 11.3 Å². The van der Waals surface area contributed by atoms with Crippen LogP contribution in [0.4, 0.5) is 10.5 Å². The van der Waals surface area contributed by atoms with Gasteiger partial charge in [0.1, 0.15) is 5.75 Å². The van der Waals surface area contributed by atoms with Crippen molar-refractivity contribution in [1.29, 1.82) is 0 Å². The van der Waals surface area contributed by atoms with Crippen molar-refractivity contribution in [2.24, 2.45) is 0 Å². The summed E-state index contributed by atoms with van der Waals surface area (Å²) in [6, 6.07) is 10.4. The lowest BCUT2D eigenvalue weighted by Crippen LogP contribution is -2.50. The minimum absolute atomic E-state index is 0.0137. The highest BCUT2D eigenvalue weighted by Gasteiger charge is 2.35. The number of amides is 2. The molecule has 0 saturated heterocycles. The third kappa shape index (κ3) is 2.80. The molecule has 0 bridgehead atoms. The number of anilines is 1. The molecule has 4 nitrogen and oxygen atoms in total. The van der Waals surface area contributed by atoms with Crippen LogP contribution in [0, 0.1) is 0 Å². The summed E-state index contributed by atoms with van der Waals surface area (Å²) in [7, 11) is 1.61. The second kappa shape index (κ2) is 6.54. The number of urea groups is 1. The van der Waals surface area contributed by atoms with Crippen molar-refractivity contribution in [1.82, 2.24) is 5.32 Å². The van der Waals surface area contributed by atoms with Gasteiger partial charge < -0.3 is 10.1 Å². The second-order valence-electron chi connectivity index (χ2n) is 5.91. The van der Waals surface area contributed by atoms with Gasteiger partial charge in [-0.3, -0.25) is 4.90 Å². The fourth-order valence-electron chi connectivity index (χ4n) is 3.02. The number of ether oxygens (including phenoxy) is 1. The van der Waals surface area contributed by atoms with E-state index in [1.807, 2.05) is 32.0 Å². The summed E-state index contributed by atoms with van der Waals surface area (Å²) >= 11 is 12.7. The lowest BCUT2D eigenvalue weighted by Gasteiger charge is -2.38. The molecule has 0 aliphatic carbocycles. The van der Waals surface area contributed by atoms with Crippen molar-refractivity contribution in [3.63, 3.8) is 0 Å². The van der Waals surface area contributed by atoms with E-state index in [0.29, 0.717) is 21.4 Å². The summed E-state index contributed by atoms with van der Waals surface area (Å²) in [6.45, 7) is 3.94. The largest absolute Gasteiger partial charge is 0.497 e. The number of nitrogens with one attached hydrogen (secondary N) is 1. The van der Waals surface area contributed by atoms with Crippen LogP contribution >= 0.6 is 23.2 Å². The Balaban J connectivity index is 2.22. The van der Waals surface area contributed by atoms with Crippen molar-refractivity contribution in [2.45, 2.75) is 25.9 Å². The zero-order valence-electron chi connectivity index (χ0n) is 13.6. The minimum atomic E-state index is -0.432. The summed E-state index contributed by atoms with van der Waals surface area (Å²) in [4.78, 5) is 14.4. The summed E-state index contributed by atoms with van der Waals surface area (Å²) in [5.41, 5.74) is 2.42. The van der Waals surface area contributed by atoms with E-state index in [9.17, 15) is 4.79 Å². The van der Waals surface area contributed by atoms with Crippen molar-refractivity contribution < 1.29 is 9.53 Å². The third-order valence-electron chi connectivity index (χ3n) is 4.10. The van der Waals surface area contributed by atoms with E-state index in [4.69, 9.17) is 27.9 Å². The maximum atomic E-state index is 12.7. The number of rotatable bonds is 3. The molecule has 0 fully saturated rings. The zero-order chi connectivity index (χ0) is 17.4. The Morgan fingerprint density at radius 2 is 1.83 bits per heavy atom. The number of carbonyl (C=O) groups is 1. The van der Waals surface area contributed by atoms with E-state index >= 15 is 0 Å². The molecule has 1 unspecified atom stereocenters. The van der Waals surface area contributed by atoms with E-state index in [-0.39, 0.29) is 12.1 Å². The van der Waals surface area contributed by atoms with Gasteiger partial charge in [-0.2, -0.15) is 0 Å². The maximum absolute atomic E-state index is 12.7. The molecular weight excluding hydrogens is 347 g/mol. The molecule has 3 rings (SSSR count). The van der Waals surface area contributed by atoms with Crippen LogP contribution in [-0.2, 0) is 0 Å². The Kier molecular flexibility index (Phi) is 4.61. The van der Waals surface area contributed by atoms with Crippen molar-refractivity contribution in [2.75, 3.05) is 12.0 Å². The van der Waals surface area contributed by atoms with Crippen LogP contribution in [0.5, 0.6) is 5.75 Å². The lowest BCUT2D eigenvalue weighted by molar-refractivity contribution is 0.241. The van der Waals surface area contributed by atoms with Crippen LogP contribution in [0.2, 0.25) is 10.0 Å². The first-order valence-electron chi connectivity index (χ1n) is 7.65. The first-order valence-corrected chi connectivity index (χ1v) is 8.41. The fourth-order valence-corrected chi connectivity index (χ4v) is 3.63. The Bertz CT molecular complexity index is 772. The molecule has 126 valence electrons. The summed E-state index contributed by atoms with van der Waals surface area (Å²) in [5.74, 6) is 0.710. The molecule has 0 saturated carbocycles. The van der Waals surface area contributed by atoms with Crippen molar-refractivity contribution in [3.8, 4) is 5.75 Å². The predicted molar refractivity (Wildman–Crippen MR) is 97.4 cm³/mol. The molecule has 0 aromatic heterocycles. The summed E-state index contributed by atoms with van der Waals surface area (Å²) < 4.78 is 5.35. The lowest BCUT2D eigenvalue weighted by atomic mass is 9.94. The van der Waals surface area contributed by atoms with Gasteiger partial charge in [0, 0.05) is 27.2 Å². The molecule has 0 radical (unpaired) electrons. The number of hydrogen-bond acceptors (Lipinski definition) is 2. The van der Waals surface area contributed by atoms with Crippen LogP contribution in [0.25, 0.3) is 0 Å². The zero-order valence-corrected chi connectivity index (χ0v) is 15.2. The molecule has 2 aromatic rings. The van der Waals surface area contributed by atoms with E-state index in [1.54, 1.807) is 30.2 Å². The first-order chi connectivity index (χ1) is 11.4. The molecule has 1 N–H and O–H groups in total. The maximum Gasteiger partial charge on any atom is 0.322 e. The minimum Gasteiger partial charge on any atom is -0.497 e. The second-order valence-corrected chi connectivity index (χ2v) is 6.72. The molecule has 2 aromatic carbocycles. The van der Waals surface area contributed by atoms with Gasteiger partial charge in [-0.1, -0.05) is 29.3 Å². The summed E-state index contributed by atoms with van der Waals surface area (Å²) in [5, 5.41) is 4.04. The number of carbonyl (C=O) groups excluding carboxylic acids is 1. The van der Waals surface area contributed by atoms with Gasteiger partial charge in [-0.05, 0) is 44.2 Å². The number of hydrogen-bond donors (Lipinski definition) is 1. The molecule has 24 heavy (non-hydrogen) atoms. The highest BCUT2D eigenvalue weighted by Crippen LogP contribution is 2.42. The number of nitrogens with zero attached hydrogens (tertiary/aromatic N) is 1. The van der Waals surface area contributed by atoms with E-state index in [1.165, 1.54) is 0 Å². The van der Waals surface area contributed by atoms with Gasteiger partial charge in [0.25, 0.3) is 0 Å². The first kappa shape index (κ1) is 16.9. The SMILES string of the molecule is COc1ccc2c(c1)C(c1c(Cl)cccc1Cl)NC(=O)N2C(C)C. The van der Waals surface area contributed by atoms with E-state index < -0.39 is 6.04 Å².